The molecule has 0 aliphatic rings. The predicted molar refractivity (Wildman–Crippen MR) is 172 cm³/mol. The summed E-state index contributed by atoms with van der Waals surface area (Å²) in [6.07, 6.45) is 0. The molecule has 0 bridgehead atoms. The van der Waals surface area contributed by atoms with E-state index in [2.05, 4.69) is 114 Å². The van der Waals surface area contributed by atoms with Gasteiger partial charge in [-0.3, -0.25) is 4.57 Å². The van der Waals surface area contributed by atoms with Gasteiger partial charge in [0.2, 0.25) is 5.95 Å². The first-order chi connectivity index (χ1) is 20.8. The summed E-state index contributed by atoms with van der Waals surface area (Å²) in [5.74, 6) is 0.618. The van der Waals surface area contributed by atoms with Gasteiger partial charge in [0.05, 0.1) is 16.7 Å². The minimum atomic E-state index is 0.618. The number of hydrogen-bond acceptors (Lipinski definition) is 3. The second kappa shape index (κ2) is 8.88. The summed E-state index contributed by atoms with van der Waals surface area (Å²) < 4.78 is 8.72. The van der Waals surface area contributed by atoms with Gasteiger partial charge in [-0.05, 0) is 41.5 Å². The SMILES string of the molecule is c1ccc(-c2cccc(-c3nc(-n4c5ccccc5c5ccc6c7ccccc7oc6c54)nc4ccccc34)c2)cc1. The normalized spacial score (nSPS) is 11.8. The fourth-order valence-corrected chi connectivity index (χ4v) is 6.30. The Morgan fingerprint density at radius 3 is 2.07 bits per heavy atom. The van der Waals surface area contributed by atoms with E-state index in [1.54, 1.807) is 0 Å². The number of nitrogens with zero attached hydrogens (tertiary/aromatic N) is 3. The molecule has 6 aromatic carbocycles. The lowest BCUT2D eigenvalue weighted by Gasteiger charge is -2.12. The summed E-state index contributed by atoms with van der Waals surface area (Å²) >= 11 is 0. The van der Waals surface area contributed by atoms with Crippen molar-refractivity contribution in [2.24, 2.45) is 0 Å². The monoisotopic (exact) mass is 537 g/mol. The lowest BCUT2D eigenvalue weighted by molar-refractivity contribution is 0.671. The summed E-state index contributed by atoms with van der Waals surface area (Å²) in [4.78, 5) is 10.5. The number of aromatic nitrogens is 3. The van der Waals surface area contributed by atoms with Crippen molar-refractivity contribution in [3.63, 3.8) is 0 Å². The highest BCUT2D eigenvalue weighted by molar-refractivity contribution is 6.21. The molecule has 0 unspecified atom stereocenters. The average Bonchev–Trinajstić information content (AvgIpc) is 3.61. The van der Waals surface area contributed by atoms with Crippen LogP contribution in [0.1, 0.15) is 0 Å². The maximum Gasteiger partial charge on any atom is 0.235 e. The largest absolute Gasteiger partial charge is 0.454 e. The van der Waals surface area contributed by atoms with E-state index in [9.17, 15) is 0 Å². The lowest BCUT2D eigenvalue weighted by Crippen LogP contribution is -2.03. The molecule has 0 radical (unpaired) electrons. The highest BCUT2D eigenvalue weighted by Crippen LogP contribution is 2.40. The Hall–Kier alpha value is -5.74. The zero-order chi connectivity index (χ0) is 27.6. The summed E-state index contributed by atoms with van der Waals surface area (Å²) in [6.45, 7) is 0. The maximum atomic E-state index is 6.55. The number of rotatable bonds is 3. The molecule has 0 spiro atoms. The molecule has 3 heterocycles. The molecule has 9 aromatic rings. The van der Waals surface area contributed by atoms with Crippen molar-refractivity contribution in [2.45, 2.75) is 0 Å². The van der Waals surface area contributed by atoms with Crippen molar-refractivity contribution in [2.75, 3.05) is 0 Å². The van der Waals surface area contributed by atoms with Gasteiger partial charge in [0.25, 0.3) is 0 Å². The molecule has 0 aliphatic heterocycles. The molecule has 4 nitrogen and oxygen atoms in total. The number of hydrogen-bond donors (Lipinski definition) is 0. The third-order valence-corrected chi connectivity index (χ3v) is 8.21. The quantitative estimate of drug-likeness (QED) is 0.225. The Morgan fingerprint density at radius 1 is 0.476 bits per heavy atom. The van der Waals surface area contributed by atoms with Crippen LogP contribution in [-0.4, -0.2) is 14.5 Å². The van der Waals surface area contributed by atoms with Crippen LogP contribution >= 0.6 is 0 Å². The van der Waals surface area contributed by atoms with Gasteiger partial charge in [0.1, 0.15) is 11.1 Å². The van der Waals surface area contributed by atoms with E-state index >= 15 is 0 Å². The smallest absolute Gasteiger partial charge is 0.235 e. The molecular weight excluding hydrogens is 514 g/mol. The third kappa shape index (κ3) is 3.36. The number of para-hydroxylation sites is 3. The molecule has 9 rings (SSSR count). The molecule has 0 saturated carbocycles. The van der Waals surface area contributed by atoms with Crippen molar-refractivity contribution < 1.29 is 4.42 Å². The third-order valence-electron chi connectivity index (χ3n) is 8.21. The molecule has 0 atom stereocenters. The van der Waals surface area contributed by atoms with Crippen LogP contribution in [0, 0.1) is 0 Å². The Morgan fingerprint density at radius 2 is 1.17 bits per heavy atom. The molecule has 0 saturated heterocycles. The minimum Gasteiger partial charge on any atom is -0.454 e. The van der Waals surface area contributed by atoms with Gasteiger partial charge >= 0.3 is 0 Å². The fourth-order valence-electron chi connectivity index (χ4n) is 6.30. The number of benzene rings is 6. The number of fused-ring (bicyclic) bond motifs is 8. The molecule has 4 heteroatoms. The van der Waals surface area contributed by atoms with Crippen molar-refractivity contribution in [3.8, 4) is 28.3 Å². The van der Waals surface area contributed by atoms with Crippen LogP contribution in [0.25, 0.3) is 83.0 Å². The molecule has 0 N–H and O–H groups in total. The van der Waals surface area contributed by atoms with E-state index in [4.69, 9.17) is 14.4 Å². The highest BCUT2D eigenvalue weighted by Gasteiger charge is 2.21. The fraction of sp³-hybridized carbons (Fsp3) is 0. The molecule has 0 amide bonds. The van der Waals surface area contributed by atoms with Crippen LogP contribution in [0.2, 0.25) is 0 Å². The summed E-state index contributed by atoms with van der Waals surface area (Å²) in [5.41, 5.74) is 8.89. The van der Waals surface area contributed by atoms with Gasteiger partial charge in [0, 0.05) is 32.5 Å². The molecule has 196 valence electrons. The van der Waals surface area contributed by atoms with E-state index in [1.807, 2.05) is 30.3 Å². The van der Waals surface area contributed by atoms with Crippen LogP contribution in [-0.2, 0) is 0 Å². The van der Waals surface area contributed by atoms with E-state index in [0.717, 1.165) is 71.5 Å². The van der Waals surface area contributed by atoms with E-state index < -0.39 is 0 Å². The van der Waals surface area contributed by atoms with Crippen LogP contribution in [0.4, 0.5) is 0 Å². The second-order valence-corrected chi connectivity index (χ2v) is 10.6. The zero-order valence-electron chi connectivity index (χ0n) is 22.5. The molecule has 0 aliphatic carbocycles. The average molecular weight is 538 g/mol. The van der Waals surface area contributed by atoms with Gasteiger partial charge in [-0.25, -0.2) is 9.97 Å². The van der Waals surface area contributed by atoms with E-state index in [-0.39, 0.29) is 0 Å². The standard InChI is InChI=1S/C38H23N3O/c1-2-11-24(12-3-1)25-13-10-14-26(23-25)35-31-17-4-7-18-32(31)39-38(40-35)41-33-19-8-5-15-27(33)29-21-22-30-28-16-6-9-20-34(28)42-37(30)36(29)41/h1-23H. The molecule has 42 heavy (non-hydrogen) atoms. The summed E-state index contributed by atoms with van der Waals surface area (Å²) in [6, 6.07) is 48.3. The first kappa shape index (κ1) is 23.0. The van der Waals surface area contributed by atoms with Crippen molar-refractivity contribution in [3.05, 3.63) is 140 Å². The molecule has 0 fully saturated rings. The molecule has 3 aromatic heterocycles. The van der Waals surface area contributed by atoms with E-state index in [1.165, 1.54) is 5.56 Å². The van der Waals surface area contributed by atoms with Gasteiger partial charge in [-0.15, -0.1) is 0 Å². The van der Waals surface area contributed by atoms with Crippen LogP contribution < -0.4 is 0 Å². The minimum absolute atomic E-state index is 0.618. The van der Waals surface area contributed by atoms with Gasteiger partial charge < -0.3 is 4.42 Å². The molecular formula is C38H23N3O. The second-order valence-electron chi connectivity index (χ2n) is 10.6. The zero-order valence-corrected chi connectivity index (χ0v) is 22.5. The first-order valence-corrected chi connectivity index (χ1v) is 14.1. The van der Waals surface area contributed by atoms with Crippen molar-refractivity contribution in [1.29, 1.82) is 0 Å². The van der Waals surface area contributed by atoms with E-state index in [0.29, 0.717) is 5.95 Å². The van der Waals surface area contributed by atoms with Gasteiger partial charge in [-0.2, -0.15) is 0 Å². The Bertz CT molecular complexity index is 2470. The summed E-state index contributed by atoms with van der Waals surface area (Å²) in [5, 5.41) is 5.45. The topological polar surface area (TPSA) is 43.9 Å². The highest BCUT2D eigenvalue weighted by atomic mass is 16.3. The first-order valence-electron chi connectivity index (χ1n) is 14.1. The van der Waals surface area contributed by atoms with Gasteiger partial charge in [0.15, 0.2) is 5.58 Å². The van der Waals surface area contributed by atoms with Crippen molar-refractivity contribution in [1.82, 2.24) is 14.5 Å². The maximum absolute atomic E-state index is 6.55. The predicted octanol–water partition coefficient (Wildman–Crippen LogP) is 9.96. The van der Waals surface area contributed by atoms with Crippen LogP contribution in [0.5, 0.6) is 0 Å². The Labute approximate surface area is 241 Å². The lowest BCUT2D eigenvalue weighted by atomic mass is 10.00. The van der Waals surface area contributed by atoms with Gasteiger partial charge in [-0.1, -0.05) is 109 Å². The Kier molecular flexibility index (Phi) is 4.87. The van der Waals surface area contributed by atoms with Crippen LogP contribution in [0.15, 0.2) is 144 Å². The summed E-state index contributed by atoms with van der Waals surface area (Å²) in [7, 11) is 0. The van der Waals surface area contributed by atoms with Crippen LogP contribution in [0.3, 0.4) is 0 Å². The number of furan rings is 1. The van der Waals surface area contributed by atoms with Crippen molar-refractivity contribution >= 4 is 54.6 Å². The Balaban J connectivity index is 1.38.